The molecular weight excluding hydrogens is 520 g/mol. The van der Waals surface area contributed by atoms with Gasteiger partial charge in [0.2, 0.25) is 0 Å². The van der Waals surface area contributed by atoms with E-state index < -0.39 is 0 Å². The summed E-state index contributed by atoms with van der Waals surface area (Å²) in [5, 5.41) is 0.843. The van der Waals surface area contributed by atoms with Crippen molar-refractivity contribution in [2.45, 2.75) is 125 Å². The zero-order chi connectivity index (χ0) is 28.6. The number of alkyl halides is 1. The first-order valence-electron chi connectivity index (χ1n) is 14.0. The molecule has 208 valence electrons. The van der Waals surface area contributed by atoms with Gasteiger partial charge in [0.25, 0.3) is 0 Å². The monoisotopic (exact) mass is 572 g/mol. The van der Waals surface area contributed by atoms with E-state index in [1.807, 2.05) is 0 Å². The quantitative estimate of drug-likeness (QED) is 0.307. The minimum absolute atomic E-state index is 0.0384. The fourth-order valence-electron chi connectivity index (χ4n) is 4.90. The summed E-state index contributed by atoms with van der Waals surface area (Å²) in [5.74, 6) is 2.31. The zero-order valence-corrected chi connectivity index (χ0v) is 27.8. The third-order valence-corrected chi connectivity index (χ3v) is 7.64. The predicted octanol–water partition coefficient (Wildman–Crippen LogP) is 10.2. The Bertz CT molecular complexity index is 913. The lowest BCUT2D eigenvalue weighted by Crippen LogP contribution is -2.23. The highest BCUT2D eigenvalue weighted by Gasteiger charge is 2.32. The lowest BCUT2D eigenvalue weighted by atomic mass is 9.74. The third-order valence-electron chi connectivity index (χ3n) is 6.99. The Kier molecular flexibility index (Phi) is 9.71. The normalized spacial score (nSPS) is 13.3. The van der Waals surface area contributed by atoms with Gasteiger partial charge in [-0.2, -0.15) is 0 Å². The van der Waals surface area contributed by atoms with Crippen molar-refractivity contribution >= 4 is 15.9 Å². The van der Waals surface area contributed by atoms with Gasteiger partial charge in [0, 0.05) is 33.5 Å². The molecule has 0 atom stereocenters. The van der Waals surface area contributed by atoms with E-state index >= 15 is 0 Å². The Balaban J connectivity index is 2.98. The van der Waals surface area contributed by atoms with Gasteiger partial charge in [0.1, 0.15) is 11.5 Å². The molecule has 0 bridgehead atoms. The van der Waals surface area contributed by atoms with Crippen LogP contribution in [0.25, 0.3) is 0 Å². The summed E-state index contributed by atoms with van der Waals surface area (Å²) in [6.45, 7) is 32.9. The van der Waals surface area contributed by atoms with Crippen molar-refractivity contribution in [1.82, 2.24) is 0 Å². The van der Waals surface area contributed by atoms with E-state index in [2.05, 4.69) is 137 Å². The van der Waals surface area contributed by atoms with E-state index in [9.17, 15) is 0 Å². The highest BCUT2D eigenvalue weighted by atomic mass is 79.9. The van der Waals surface area contributed by atoms with Crippen molar-refractivity contribution in [3.63, 3.8) is 0 Å². The molecule has 0 amide bonds. The molecule has 0 fully saturated rings. The molecule has 0 saturated heterocycles. The van der Waals surface area contributed by atoms with Gasteiger partial charge in [-0.05, 0) is 46.6 Å². The van der Waals surface area contributed by atoms with E-state index in [1.165, 1.54) is 33.4 Å². The average Bonchev–Trinajstić information content (AvgIpc) is 2.72. The first-order valence-corrected chi connectivity index (χ1v) is 15.1. The summed E-state index contributed by atoms with van der Waals surface area (Å²) < 4.78 is 12.7. The van der Waals surface area contributed by atoms with Gasteiger partial charge in [0.05, 0.1) is 13.2 Å². The lowest BCUT2D eigenvalue weighted by molar-refractivity contribution is 0.319. The van der Waals surface area contributed by atoms with Crippen molar-refractivity contribution in [2.75, 3.05) is 18.5 Å². The van der Waals surface area contributed by atoms with E-state index in [0.29, 0.717) is 13.2 Å². The zero-order valence-electron chi connectivity index (χ0n) is 26.2. The SMILES string of the molecule is CCOc1c(C(C)(C)C)cc(C(CBr)c2cc(C(C)(C)C)c(OCC)c(C(C)(C)C)c2)cc1C(C)(C)C. The molecule has 0 unspecified atom stereocenters. The van der Waals surface area contributed by atoms with Crippen LogP contribution in [0.3, 0.4) is 0 Å². The van der Waals surface area contributed by atoms with Crippen LogP contribution in [0.1, 0.15) is 136 Å². The third kappa shape index (κ3) is 7.34. The second-order valence-corrected chi connectivity index (χ2v) is 15.1. The number of hydrogen-bond donors (Lipinski definition) is 0. The minimum atomic E-state index is -0.0384. The summed E-state index contributed by atoms with van der Waals surface area (Å²) in [5.41, 5.74) is 7.63. The summed E-state index contributed by atoms with van der Waals surface area (Å²) >= 11 is 3.93. The molecule has 2 aromatic carbocycles. The number of ether oxygens (including phenoxy) is 2. The van der Waals surface area contributed by atoms with Gasteiger partial charge in [0.15, 0.2) is 0 Å². The summed E-state index contributed by atoms with van der Waals surface area (Å²) in [4.78, 5) is 0. The van der Waals surface area contributed by atoms with Crippen LogP contribution < -0.4 is 9.47 Å². The smallest absolute Gasteiger partial charge is 0.126 e. The van der Waals surface area contributed by atoms with Crippen LogP contribution in [-0.4, -0.2) is 18.5 Å². The van der Waals surface area contributed by atoms with Crippen LogP contribution in [0.4, 0.5) is 0 Å². The second kappa shape index (κ2) is 11.3. The largest absolute Gasteiger partial charge is 0.493 e. The second-order valence-electron chi connectivity index (χ2n) is 14.5. The Morgan fingerprint density at radius 2 is 0.784 bits per heavy atom. The maximum Gasteiger partial charge on any atom is 0.126 e. The van der Waals surface area contributed by atoms with Crippen LogP contribution in [-0.2, 0) is 21.7 Å². The molecular formula is C34H53BrO2. The first-order chi connectivity index (χ1) is 16.8. The predicted molar refractivity (Wildman–Crippen MR) is 166 cm³/mol. The molecule has 2 nitrogen and oxygen atoms in total. The molecule has 0 saturated carbocycles. The van der Waals surface area contributed by atoms with Gasteiger partial charge in [-0.25, -0.2) is 0 Å². The van der Waals surface area contributed by atoms with Gasteiger partial charge in [-0.1, -0.05) is 123 Å². The number of rotatable bonds is 7. The van der Waals surface area contributed by atoms with Crippen LogP contribution >= 0.6 is 15.9 Å². The van der Waals surface area contributed by atoms with Crippen LogP contribution in [0.15, 0.2) is 24.3 Å². The molecule has 0 aliphatic rings. The molecule has 37 heavy (non-hydrogen) atoms. The fourth-order valence-corrected chi connectivity index (χ4v) is 5.65. The maximum absolute atomic E-state index is 6.34. The Morgan fingerprint density at radius 1 is 0.541 bits per heavy atom. The van der Waals surface area contributed by atoms with E-state index in [0.717, 1.165) is 16.8 Å². The molecule has 3 heteroatoms. The van der Waals surface area contributed by atoms with Crippen LogP contribution in [0, 0.1) is 0 Å². The molecule has 0 heterocycles. The maximum atomic E-state index is 6.34. The van der Waals surface area contributed by atoms with Crippen LogP contribution in [0.5, 0.6) is 11.5 Å². The minimum Gasteiger partial charge on any atom is -0.493 e. The van der Waals surface area contributed by atoms with Crippen molar-refractivity contribution in [2.24, 2.45) is 0 Å². The molecule has 2 aromatic rings. The van der Waals surface area contributed by atoms with Crippen molar-refractivity contribution in [3.8, 4) is 11.5 Å². The fraction of sp³-hybridized carbons (Fsp3) is 0.647. The standard InChI is InChI=1S/C34H53BrO2/c1-15-36-29-25(31(3,4)5)17-22(18-26(29)32(6,7)8)24(21-35)23-19-27(33(9,10)11)30(37-16-2)28(20-23)34(12,13)14/h17-20,24H,15-16,21H2,1-14H3. The molecule has 2 rings (SSSR count). The van der Waals surface area contributed by atoms with Gasteiger partial charge >= 0.3 is 0 Å². The van der Waals surface area contributed by atoms with Gasteiger partial charge < -0.3 is 9.47 Å². The first kappa shape index (κ1) is 31.7. The molecule has 0 N–H and O–H groups in total. The highest BCUT2D eigenvalue weighted by Crippen LogP contribution is 2.46. The Labute approximate surface area is 237 Å². The molecule has 0 aliphatic carbocycles. The van der Waals surface area contributed by atoms with E-state index in [-0.39, 0.29) is 27.6 Å². The number of hydrogen-bond acceptors (Lipinski definition) is 2. The summed E-state index contributed by atoms with van der Waals surface area (Å²) in [6.07, 6.45) is 0. The van der Waals surface area contributed by atoms with E-state index in [4.69, 9.17) is 9.47 Å². The average molecular weight is 574 g/mol. The van der Waals surface area contributed by atoms with Crippen molar-refractivity contribution in [1.29, 1.82) is 0 Å². The molecule has 0 radical (unpaired) electrons. The summed E-state index contributed by atoms with van der Waals surface area (Å²) in [7, 11) is 0. The Hall–Kier alpha value is -1.48. The van der Waals surface area contributed by atoms with Gasteiger partial charge in [-0.3, -0.25) is 0 Å². The van der Waals surface area contributed by atoms with Crippen molar-refractivity contribution < 1.29 is 9.47 Å². The lowest BCUT2D eigenvalue weighted by Gasteiger charge is -2.33. The van der Waals surface area contributed by atoms with Crippen LogP contribution in [0.2, 0.25) is 0 Å². The molecule has 0 aliphatic heterocycles. The number of benzene rings is 2. The molecule has 0 aromatic heterocycles. The Morgan fingerprint density at radius 3 is 0.946 bits per heavy atom. The molecule has 0 spiro atoms. The van der Waals surface area contributed by atoms with Crippen molar-refractivity contribution in [3.05, 3.63) is 57.6 Å². The highest BCUT2D eigenvalue weighted by molar-refractivity contribution is 9.09. The van der Waals surface area contributed by atoms with Gasteiger partial charge in [-0.15, -0.1) is 0 Å². The topological polar surface area (TPSA) is 18.5 Å². The van der Waals surface area contributed by atoms with E-state index in [1.54, 1.807) is 0 Å². The summed E-state index contributed by atoms with van der Waals surface area (Å²) in [6, 6.07) is 9.60. The number of halogens is 1.